The van der Waals surface area contributed by atoms with Crippen LogP contribution in [0.2, 0.25) is 5.02 Å². The molecule has 94 valence electrons. The van der Waals surface area contributed by atoms with Crippen LogP contribution in [-0.4, -0.2) is 5.78 Å². The molecule has 0 aromatic heterocycles. The van der Waals surface area contributed by atoms with Gasteiger partial charge in [-0.1, -0.05) is 41.9 Å². The molecule has 0 aliphatic heterocycles. The molecule has 0 heterocycles. The van der Waals surface area contributed by atoms with E-state index >= 15 is 0 Å². The predicted octanol–water partition coefficient (Wildman–Crippen LogP) is 4.43. The molecular formula is C15H9ClINO. The quantitative estimate of drug-likeness (QED) is 0.583. The van der Waals surface area contributed by atoms with Crippen LogP contribution in [0.5, 0.6) is 0 Å². The fourth-order valence-electron chi connectivity index (χ4n) is 1.76. The molecule has 0 amide bonds. The van der Waals surface area contributed by atoms with Crippen LogP contribution in [0.3, 0.4) is 0 Å². The van der Waals surface area contributed by atoms with Gasteiger partial charge in [0.05, 0.1) is 6.07 Å². The summed E-state index contributed by atoms with van der Waals surface area (Å²) < 4.78 is 0.847. The Labute approximate surface area is 130 Å². The van der Waals surface area contributed by atoms with E-state index in [1.807, 2.05) is 12.1 Å². The molecule has 2 aromatic rings. The molecule has 0 bridgehead atoms. The van der Waals surface area contributed by atoms with E-state index in [4.69, 9.17) is 11.6 Å². The first kappa shape index (κ1) is 14.0. The first-order valence-corrected chi connectivity index (χ1v) is 7.03. The zero-order valence-corrected chi connectivity index (χ0v) is 12.7. The Morgan fingerprint density at radius 1 is 1.16 bits per heavy atom. The monoisotopic (exact) mass is 381 g/mol. The molecule has 2 aromatic carbocycles. The highest BCUT2D eigenvalue weighted by Gasteiger charge is 2.23. The number of hydrogen-bond acceptors (Lipinski definition) is 2. The van der Waals surface area contributed by atoms with Crippen molar-refractivity contribution in [1.82, 2.24) is 0 Å². The Bertz CT molecular complexity index is 646. The van der Waals surface area contributed by atoms with Gasteiger partial charge < -0.3 is 0 Å². The van der Waals surface area contributed by atoms with Gasteiger partial charge in [-0.3, -0.25) is 4.79 Å². The second kappa shape index (κ2) is 6.18. The maximum Gasteiger partial charge on any atom is 0.185 e. The summed E-state index contributed by atoms with van der Waals surface area (Å²) in [4.78, 5) is 12.4. The molecule has 0 N–H and O–H groups in total. The molecule has 0 spiro atoms. The summed E-state index contributed by atoms with van der Waals surface area (Å²) in [7, 11) is 0. The topological polar surface area (TPSA) is 40.9 Å². The van der Waals surface area contributed by atoms with Gasteiger partial charge in [0, 0.05) is 14.2 Å². The normalized spacial score (nSPS) is 11.6. The third-order valence-electron chi connectivity index (χ3n) is 2.73. The van der Waals surface area contributed by atoms with Gasteiger partial charge in [0.1, 0.15) is 5.92 Å². The molecular weight excluding hydrogens is 373 g/mol. The first-order chi connectivity index (χ1) is 9.13. The maximum absolute atomic E-state index is 12.4. The van der Waals surface area contributed by atoms with Crippen molar-refractivity contribution < 1.29 is 4.79 Å². The number of halogens is 2. The SMILES string of the molecule is N#CC(C(=O)c1ccccc1I)c1ccc(Cl)cc1. The van der Waals surface area contributed by atoms with Crippen molar-refractivity contribution in [1.29, 1.82) is 5.26 Å². The van der Waals surface area contributed by atoms with Gasteiger partial charge in [0.2, 0.25) is 0 Å². The minimum Gasteiger partial charge on any atom is -0.292 e. The van der Waals surface area contributed by atoms with Gasteiger partial charge >= 0.3 is 0 Å². The summed E-state index contributed by atoms with van der Waals surface area (Å²) in [6.45, 7) is 0. The Morgan fingerprint density at radius 2 is 1.79 bits per heavy atom. The van der Waals surface area contributed by atoms with Gasteiger partial charge in [0.15, 0.2) is 5.78 Å². The molecule has 0 fully saturated rings. The average Bonchev–Trinajstić information content (AvgIpc) is 2.42. The molecule has 0 aliphatic carbocycles. The highest BCUT2D eigenvalue weighted by Crippen LogP contribution is 2.24. The van der Waals surface area contributed by atoms with Crippen LogP contribution in [-0.2, 0) is 0 Å². The van der Waals surface area contributed by atoms with E-state index in [0.717, 1.165) is 3.57 Å². The average molecular weight is 382 g/mol. The van der Waals surface area contributed by atoms with Gasteiger partial charge in [-0.15, -0.1) is 0 Å². The standard InChI is InChI=1S/C15H9ClINO/c16-11-7-5-10(6-8-11)13(9-18)15(19)12-3-1-2-4-14(12)17/h1-8,13H. The number of carbonyl (C=O) groups excluding carboxylic acids is 1. The number of ketones is 1. The molecule has 0 radical (unpaired) electrons. The Kier molecular flexibility index (Phi) is 4.56. The largest absolute Gasteiger partial charge is 0.292 e. The van der Waals surface area contributed by atoms with E-state index in [1.54, 1.807) is 36.4 Å². The molecule has 19 heavy (non-hydrogen) atoms. The minimum atomic E-state index is -0.798. The molecule has 4 heteroatoms. The van der Waals surface area contributed by atoms with E-state index in [9.17, 15) is 10.1 Å². The van der Waals surface area contributed by atoms with Gasteiger partial charge in [0.25, 0.3) is 0 Å². The van der Waals surface area contributed by atoms with Gasteiger partial charge in [-0.25, -0.2) is 0 Å². The lowest BCUT2D eigenvalue weighted by molar-refractivity contribution is 0.0978. The third-order valence-corrected chi connectivity index (χ3v) is 3.93. The number of carbonyl (C=O) groups is 1. The van der Waals surface area contributed by atoms with Crippen molar-refractivity contribution in [3.8, 4) is 6.07 Å². The van der Waals surface area contributed by atoms with E-state index in [0.29, 0.717) is 16.1 Å². The Morgan fingerprint density at radius 3 is 2.37 bits per heavy atom. The Balaban J connectivity index is 2.38. The molecule has 0 aliphatic rings. The summed E-state index contributed by atoms with van der Waals surface area (Å²) >= 11 is 7.91. The van der Waals surface area contributed by atoms with Crippen LogP contribution in [0, 0.1) is 14.9 Å². The van der Waals surface area contributed by atoms with Gasteiger partial charge in [-0.05, 0) is 46.4 Å². The zero-order chi connectivity index (χ0) is 13.8. The second-order valence-corrected chi connectivity index (χ2v) is 5.56. The van der Waals surface area contributed by atoms with Crippen molar-refractivity contribution in [2.75, 3.05) is 0 Å². The van der Waals surface area contributed by atoms with E-state index in [-0.39, 0.29) is 5.78 Å². The maximum atomic E-state index is 12.4. The number of nitriles is 1. The summed E-state index contributed by atoms with van der Waals surface area (Å²) in [6.07, 6.45) is 0. The fourth-order valence-corrected chi connectivity index (χ4v) is 2.54. The molecule has 1 unspecified atom stereocenters. The molecule has 0 saturated heterocycles. The summed E-state index contributed by atoms with van der Waals surface area (Å²) in [5.74, 6) is -0.983. The van der Waals surface area contributed by atoms with Gasteiger partial charge in [-0.2, -0.15) is 5.26 Å². The fraction of sp³-hybridized carbons (Fsp3) is 0.0667. The lowest BCUT2D eigenvalue weighted by atomic mass is 9.92. The molecule has 2 rings (SSSR count). The number of hydrogen-bond donors (Lipinski definition) is 0. The Hall–Kier alpha value is -1.38. The van der Waals surface area contributed by atoms with Crippen molar-refractivity contribution >= 4 is 40.0 Å². The zero-order valence-electron chi connectivity index (χ0n) is 9.81. The summed E-state index contributed by atoms with van der Waals surface area (Å²) in [6, 6.07) is 16.1. The number of Topliss-reactive ketones (excluding diaryl/α,β-unsaturated/α-hetero) is 1. The lowest BCUT2D eigenvalue weighted by Gasteiger charge is -2.10. The smallest absolute Gasteiger partial charge is 0.185 e. The van der Waals surface area contributed by atoms with E-state index in [2.05, 4.69) is 28.7 Å². The third kappa shape index (κ3) is 3.14. The van der Waals surface area contributed by atoms with Crippen molar-refractivity contribution in [3.05, 3.63) is 68.3 Å². The first-order valence-electron chi connectivity index (χ1n) is 5.57. The van der Waals surface area contributed by atoms with Crippen LogP contribution in [0.1, 0.15) is 21.8 Å². The van der Waals surface area contributed by atoms with E-state index < -0.39 is 5.92 Å². The van der Waals surface area contributed by atoms with Crippen LogP contribution in [0.4, 0.5) is 0 Å². The minimum absolute atomic E-state index is 0.185. The van der Waals surface area contributed by atoms with Crippen molar-refractivity contribution in [2.45, 2.75) is 5.92 Å². The number of benzene rings is 2. The van der Waals surface area contributed by atoms with E-state index in [1.165, 1.54) is 0 Å². The molecule has 1 atom stereocenters. The lowest BCUT2D eigenvalue weighted by Crippen LogP contribution is -2.12. The highest BCUT2D eigenvalue weighted by atomic mass is 127. The van der Waals surface area contributed by atoms with Crippen LogP contribution < -0.4 is 0 Å². The van der Waals surface area contributed by atoms with Crippen molar-refractivity contribution in [3.63, 3.8) is 0 Å². The molecule has 0 saturated carbocycles. The highest BCUT2D eigenvalue weighted by molar-refractivity contribution is 14.1. The van der Waals surface area contributed by atoms with Crippen molar-refractivity contribution in [2.24, 2.45) is 0 Å². The second-order valence-electron chi connectivity index (χ2n) is 3.96. The van der Waals surface area contributed by atoms with Crippen LogP contribution in [0.15, 0.2) is 48.5 Å². The summed E-state index contributed by atoms with van der Waals surface area (Å²) in [5.41, 5.74) is 1.24. The number of nitrogens with zero attached hydrogens (tertiary/aromatic N) is 1. The van der Waals surface area contributed by atoms with Crippen LogP contribution >= 0.6 is 34.2 Å². The number of rotatable bonds is 3. The van der Waals surface area contributed by atoms with Crippen LogP contribution in [0.25, 0.3) is 0 Å². The molecule has 2 nitrogen and oxygen atoms in total. The summed E-state index contributed by atoms with van der Waals surface area (Å²) in [5, 5.41) is 9.85. The predicted molar refractivity (Wildman–Crippen MR) is 83.3 cm³/mol.